The van der Waals surface area contributed by atoms with Crippen molar-refractivity contribution >= 4 is 11.7 Å². The van der Waals surface area contributed by atoms with Crippen molar-refractivity contribution in [1.29, 1.82) is 0 Å². The minimum absolute atomic E-state index is 0.0303. The highest BCUT2D eigenvalue weighted by Gasteiger charge is 2.25. The van der Waals surface area contributed by atoms with Crippen molar-refractivity contribution in [3.63, 3.8) is 0 Å². The Morgan fingerprint density at radius 3 is 2.44 bits per heavy atom. The largest absolute Gasteiger partial charge is 0.324 e. The summed E-state index contributed by atoms with van der Waals surface area (Å²) in [5.74, 6) is 1.19. The molecule has 1 N–H and O–H groups in total. The molecule has 0 bridgehead atoms. The molecule has 1 fully saturated rings. The van der Waals surface area contributed by atoms with E-state index in [1.807, 2.05) is 36.1 Å². The van der Waals surface area contributed by atoms with Crippen LogP contribution in [0.1, 0.15) is 25.8 Å². The van der Waals surface area contributed by atoms with Crippen molar-refractivity contribution in [2.45, 2.75) is 27.2 Å². The average molecular weight is 246 g/mol. The third-order valence-electron chi connectivity index (χ3n) is 3.54. The summed E-state index contributed by atoms with van der Waals surface area (Å²) in [6, 6.07) is 7.92. The number of piperidine rings is 1. The van der Waals surface area contributed by atoms with Crippen molar-refractivity contribution in [2.24, 2.45) is 11.8 Å². The fraction of sp³-hybridized carbons (Fsp3) is 0.533. The van der Waals surface area contributed by atoms with E-state index in [0.29, 0.717) is 11.8 Å². The Morgan fingerprint density at radius 2 is 1.83 bits per heavy atom. The molecule has 3 nitrogen and oxygen atoms in total. The van der Waals surface area contributed by atoms with Crippen LogP contribution in [-0.4, -0.2) is 24.0 Å². The minimum atomic E-state index is 0.0303. The van der Waals surface area contributed by atoms with Crippen LogP contribution in [0.15, 0.2) is 24.3 Å². The molecule has 1 aromatic rings. The first-order valence-electron chi connectivity index (χ1n) is 6.68. The number of carbonyl (C=O) groups excluding carboxylic acids is 1. The van der Waals surface area contributed by atoms with Crippen molar-refractivity contribution in [3.05, 3.63) is 29.8 Å². The Balaban J connectivity index is 2.02. The molecule has 0 saturated carbocycles. The molecule has 0 aromatic heterocycles. The quantitative estimate of drug-likeness (QED) is 0.808. The monoisotopic (exact) mass is 246 g/mol. The van der Waals surface area contributed by atoms with Gasteiger partial charge in [0.05, 0.1) is 0 Å². The van der Waals surface area contributed by atoms with E-state index >= 15 is 0 Å². The van der Waals surface area contributed by atoms with Gasteiger partial charge in [-0.25, -0.2) is 4.79 Å². The number of benzene rings is 1. The van der Waals surface area contributed by atoms with Crippen molar-refractivity contribution in [2.75, 3.05) is 18.4 Å². The molecule has 1 aliphatic rings. The smallest absolute Gasteiger partial charge is 0.321 e. The first kappa shape index (κ1) is 12.9. The number of nitrogens with zero attached hydrogens (tertiary/aromatic N) is 1. The number of anilines is 1. The number of hydrogen-bond acceptors (Lipinski definition) is 1. The van der Waals surface area contributed by atoms with Crippen LogP contribution in [0.25, 0.3) is 0 Å². The van der Waals surface area contributed by atoms with Crippen molar-refractivity contribution in [3.8, 4) is 0 Å². The molecule has 0 aliphatic carbocycles. The molecule has 1 aromatic carbocycles. The second-order valence-electron chi connectivity index (χ2n) is 5.60. The molecule has 2 atom stereocenters. The summed E-state index contributed by atoms with van der Waals surface area (Å²) in [4.78, 5) is 14.2. The highest BCUT2D eigenvalue weighted by Crippen LogP contribution is 2.22. The van der Waals surface area contributed by atoms with E-state index in [9.17, 15) is 4.79 Å². The molecule has 0 radical (unpaired) electrons. The van der Waals surface area contributed by atoms with Crippen LogP contribution in [0, 0.1) is 18.8 Å². The zero-order valence-electron chi connectivity index (χ0n) is 11.4. The Morgan fingerprint density at radius 1 is 1.22 bits per heavy atom. The van der Waals surface area contributed by atoms with Gasteiger partial charge in [0.1, 0.15) is 0 Å². The molecule has 3 heteroatoms. The second kappa shape index (κ2) is 5.42. The van der Waals surface area contributed by atoms with Gasteiger partial charge in [0.2, 0.25) is 0 Å². The highest BCUT2D eigenvalue weighted by molar-refractivity contribution is 5.90. The molecule has 2 rings (SSSR count). The number of hydrogen-bond donors (Lipinski definition) is 1. The predicted molar refractivity (Wildman–Crippen MR) is 74.7 cm³/mol. The molecular weight excluding hydrogens is 224 g/mol. The summed E-state index contributed by atoms with van der Waals surface area (Å²) >= 11 is 0. The van der Waals surface area contributed by atoms with E-state index in [2.05, 4.69) is 19.2 Å². The lowest BCUT2D eigenvalue weighted by atomic mass is 9.92. The van der Waals surface area contributed by atoms with Crippen LogP contribution in [0.3, 0.4) is 0 Å². The van der Waals surface area contributed by atoms with Crippen LogP contribution >= 0.6 is 0 Å². The minimum Gasteiger partial charge on any atom is -0.324 e. The number of para-hydroxylation sites is 1. The lowest BCUT2D eigenvalue weighted by molar-refractivity contribution is 0.156. The fourth-order valence-electron chi connectivity index (χ4n) is 2.74. The number of rotatable bonds is 1. The number of likely N-dealkylation sites (tertiary alicyclic amines) is 1. The van der Waals surface area contributed by atoms with Gasteiger partial charge in [-0.15, -0.1) is 0 Å². The van der Waals surface area contributed by atoms with Crippen LogP contribution in [0.5, 0.6) is 0 Å². The lowest BCUT2D eigenvalue weighted by Gasteiger charge is -2.35. The molecule has 1 saturated heterocycles. The molecule has 1 heterocycles. The Kier molecular flexibility index (Phi) is 3.90. The molecule has 18 heavy (non-hydrogen) atoms. The normalized spacial score (nSPS) is 23.8. The van der Waals surface area contributed by atoms with E-state index in [0.717, 1.165) is 24.3 Å². The Bertz CT molecular complexity index is 420. The van der Waals surface area contributed by atoms with Gasteiger partial charge >= 0.3 is 6.03 Å². The standard InChI is InChI=1S/C15H22N2O/c1-11-8-12(2)10-17(9-11)15(18)16-14-7-5-4-6-13(14)3/h4-7,11-12H,8-10H2,1-3H3,(H,16,18)/t11-,12-/m1/s1. The van der Waals surface area contributed by atoms with Gasteiger partial charge in [-0.1, -0.05) is 32.0 Å². The maximum absolute atomic E-state index is 12.2. The fourth-order valence-corrected chi connectivity index (χ4v) is 2.74. The number of carbonyl (C=O) groups is 1. The van der Waals surface area contributed by atoms with Crippen LogP contribution in [0.4, 0.5) is 10.5 Å². The third kappa shape index (κ3) is 3.03. The van der Waals surface area contributed by atoms with Gasteiger partial charge < -0.3 is 10.2 Å². The molecule has 1 aliphatic heterocycles. The van der Waals surface area contributed by atoms with Gasteiger partial charge in [0, 0.05) is 18.8 Å². The summed E-state index contributed by atoms with van der Waals surface area (Å²) in [6.45, 7) is 8.16. The SMILES string of the molecule is Cc1ccccc1NC(=O)N1C[C@H](C)C[C@@H](C)C1. The lowest BCUT2D eigenvalue weighted by Crippen LogP contribution is -2.44. The first-order chi connectivity index (χ1) is 8.56. The topological polar surface area (TPSA) is 32.3 Å². The maximum Gasteiger partial charge on any atom is 0.321 e. The predicted octanol–water partition coefficient (Wildman–Crippen LogP) is 3.50. The molecule has 2 amide bonds. The number of urea groups is 1. The van der Waals surface area contributed by atoms with E-state index < -0.39 is 0 Å². The summed E-state index contributed by atoms with van der Waals surface area (Å²) in [5, 5.41) is 3.01. The Labute approximate surface area is 109 Å². The summed E-state index contributed by atoms with van der Waals surface area (Å²) < 4.78 is 0. The summed E-state index contributed by atoms with van der Waals surface area (Å²) in [7, 11) is 0. The Hall–Kier alpha value is -1.51. The zero-order chi connectivity index (χ0) is 13.1. The van der Waals surface area contributed by atoms with Gasteiger partial charge in [-0.3, -0.25) is 0 Å². The van der Waals surface area contributed by atoms with E-state index in [1.165, 1.54) is 6.42 Å². The molecular formula is C15H22N2O. The number of amides is 2. The van der Waals surface area contributed by atoms with Gasteiger partial charge in [-0.2, -0.15) is 0 Å². The van der Waals surface area contributed by atoms with Crippen LogP contribution in [0.2, 0.25) is 0 Å². The van der Waals surface area contributed by atoms with E-state index in [-0.39, 0.29) is 6.03 Å². The average Bonchev–Trinajstić information content (AvgIpc) is 2.31. The molecule has 98 valence electrons. The zero-order valence-corrected chi connectivity index (χ0v) is 11.4. The maximum atomic E-state index is 12.2. The number of aryl methyl sites for hydroxylation is 1. The van der Waals surface area contributed by atoms with Gasteiger partial charge in [-0.05, 0) is 36.8 Å². The third-order valence-corrected chi connectivity index (χ3v) is 3.54. The van der Waals surface area contributed by atoms with Crippen molar-refractivity contribution < 1.29 is 4.79 Å². The number of nitrogens with one attached hydrogen (secondary N) is 1. The molecule has 0 unspecified atom stereocenters. The van der Waals surface area contributed by atoms with Crippen LogP contribution in [-0.2, 0) is 0 Å². The van der Waals surface area contributed by atoms with E-state index in [4.69, 9.17) is 0 Å². The summed E-state index contributed by atoms with van der Waals surface area (Å²) in [5.41, 5.74) is 2.01. The first-order valence-corrected chi connectivity index (χ1v) is 6.68. The molecule has 0 spiro atoms. The van der Waals surface area contributed by atoms with Crippen molar-refractivity contribution in [1.82, 2.24) is 4.90 Å². The van der Waals surface area contributed by atoms with Crippen LogP contribution < -0.4 is 5.32 Å². The highest BCUT2D eigenvalue weighted by atomic mass is 16.2. The second-order valence-corrected chi connectivity index (χ2v) is 5.60. The van der Waals surface area contributed by atoms with Gasteiger partial charge in [0.25, 0.3) is 0 Å². The van der Waals surface area contributed by atoms with E-state index in [1.54, 1.807) is 0 Å². The van der Waals surface area contributed by atoms with Gasteiger partial charge in [0.15, 0.2) is 0 Å². The summed E-state index contributed by atoms with van der Waals surface area (Å²) in [6.07, 6.45) is 1.22.